The highest BCUT2D eigenvalue weighted by Gasteiger charge is 2.39. The molecule has 10 rings (SSSR count). The molecule has 2 aromatic heterocycles. The van der Waals surface area contributed by atoms with Crippen molar-refractivity contribution in [3.63, 3.8) is 0 Å². The maximum atomic E-state index is 6.92. The summed E-state index contributed by atoms with van der Waals surface area (Å²) >= 11 is 0. The van der Waals surface area contributed by atoms with Crippen molar-refractivity contribution in [2.24, 2.45) is 0 Å². The smallest absolute Gasteiger partial charge is 0.139 e. The highest BCUT2D eigenvalue weighted by Crippen LogP contribution is 2.57. The molecule has 0 spiro atoms. The standard InChI is InChI=1S/C53H47NO2/c1-51(2,3)34-28-38-37-30-39-41(31-47(37)56-50(38)42(29-34)52(4,5)6)53(7,8)40-19-14-20-43(48(39)40)54(35-26-24-33(25-27-35)32-16-10-9-11-17-32)44-21-15-23-46-49(44)36-18-12-13-22-45(36)55-46/h9-31H,1-8H3. The number of rotatable bonds is 4. The van der Waals surface area contributed by atoms with E-state index in [2.05, 4.69) is 194 Å². The molecule has 276 valence electrons. The van der Waals surface area contributed by atoms with Crippen LogP contribution < -0.4 is 4.90 Å². The molecule has 0 bridgehead atoms. The molecule has 0 N–H and O–H groups in total. The maximum absolute atomic E-state index is 6.92. The summed E-state index contributed by atoms with van der Waals surface area (Å²) in [5.74, 6) is 0. The van der Waals surface area contributed by atoms with Gasteiger partial charge >= 0.3 is 0 Å². The van der Waals surface area contributed by atoms with E-state index in [1.165, 1.54) is 49.9 Å². The van der Waals surface area contributed by atoms with Crippen molar-refractivity contribution >= 4 is 60.9 Å². The van der Waals surface area contributed by atoms with E-state index in [9.17, 15) is 0 Å². The first kappa shape index (κ1) is 34.4. The van der Waals surface area contributed by atoms with E-state index < -0.39 is 0 Å². The summed E-state index contributed by atoms with van der Waals surface area (Å²) in [5, 5.41) is 4.56. The minimum atomic E-state index is -0.256. The molecule has 3 heteroatoms. The molecule has 1 aliphatic rings. The van der Waals surface area contributed by atoms with E-state index in [0.717, 1.165) is 55.6 Å². The number of fused-ring (bicyclic) bond motifs is 9. The normalized spacial score (nSPS) is 13.9. The third-order valence-electron chi connectivity index (χ3n) is 12.1. The average Bonchev–Trinajstić information content (AvgIpc) is 3.81. The Morgan fingerprint density at radius 3 is 1.93 bits per heavy atom. The summed E-state index contributed by atoms with van der Waals surface area (Å²) in [6.07, 6.45) is 0. The molecule has 3 nitrogen and oxygen atoms in total. The fourth-order valence-corrected chi connectivity index (χ4v) is 9.10. The van der Waals surface area contributed by atoms with Crippen molar-refractivity contribution in [3.8, 4) is 22.3 Å². The number of para-hydroxylation sites is 1. The van der Waals surface area contributed by atoms with Gasteiger partial charge in [0.1, 0.15) is 22.3 Å². The first-order valence-electron chi connectivity index (χ1n) is 19.8. The summed E-state index contributed by atoms with van der Waals surface area (Å²) < 4.78 is 13.4. The molecular formula is C53H47NO2. The second-order valence-electron chi connectivity index (χ2n) is 18.2. The molecule has 0 radical (unpaired) electrons. The second-order valence-corrected chi connectivity index (χ2v) is 18.2. The topological polar surface area (TPSA) is 29.5 Å². The molecule has 56 heavy (non-hydrogen) atoms. The van der Waals surface area contributed by atoms with Gasteiger partial charge in [0.2, 0.25) is 0 Å². The third-order valence-corrected chi connectivity index (χ3v) is 12.1. The summed E-state index contributed by atoms with van der Waals surface area (Å²) in [4.78, 5) is 2.45. The quantitative estimate of drug-likeness (QED) is 0.181. The van der Waals surface area contributed by atoms with Gasteiger partial charge in [-0.1, -0.05) is 140 Å². The molecule has 1 aliphatic carbocycles. The van der Waals surface area contributed by atoms with Crippen molar-refractivity contribution in [1.29, 1.82) is 0 Å². The minimum absolute atomic E-state index is 0.00882. The molecule has 0 aliphatic heterocycles. The van der Waals surface area contributed by atoms with Gasteiger partial charge in [-0.25, -0.2) is 0 Å². The zero-order valence-corrected chi connectivity index (χ0v) is 33.5. The van der Waals surface area contributed by atoms with Gasteiger partial charge in [0.25, 0.3) is 0 Å². The van der Waals surface area contributed by atoms with Crippen LogP contribution in [-0.4, -0.2) is 0 Å². The lowest BCUT2D eigenvalue weighted by Crippen LogP contribution is -2.16. The Labute approximate surface area is 329 Å². The molecule has 0 saturated heterocycles. The average molecular weight is 730 g/mol. The molecule has 0 amide bonds. The predicted molar refractivity (Wildman–Crippen MR) is 236 cm³/mol. The van der Waals surface area contributed by atoms with Crippen LogP contribution in [0.2, 0.25) is 0 Å². The zero-order chi connectivity index (χ0) is 38.7. The van der Waals surface area contributed by atoms with Gasteiger partial charge in [-0.2, -0.15) is 0 Å². The summed E-state index contributed by atoms with van der Waals surface area (Å²) in [5.41, 5.74) is 16.7. The van der Waals surface area contributed by atoms with Crippen molar-refractivity contribution in [2.75, 3.05) is 4.90 Å². The van der Waals surface area contributed by atoms with E-state index >= 15 is 0 Å². The van der Waals surface area contributed by atoms with Crippen LogP contribution in [0.15, 0.2) is 148 Å². The molecular weight excluding hydrogens is 683 g/mol. The Morgan fingerprint density at radius 2 is 1.18 bits per heavy atom. The van der Waals surface area contributed by atoms with Gasteiger partial charge in [-0.3, -0.25) is 0 Å². The van der Waals surface area contributed by atoms with Gasteiger partial charge in [0.05, 0.1) is 16.8 Å². The number of benzene rings is 7. The zero-order valence-electron chi connectivity index (χ0n) is 33.5. The summed E-state index contributed by atoms with van der Waals surface area (Å²) in [6.45, 7) is 18.5. The third kappa shape index (κ3) is 5.17. The number of anilines is 3. The predicted octanol–water partition coefficient (Wildman–Crippen LogP) is 15.5. The molecule has 9 aromatic rings. The summed E-state index contributed by atoms with van der Waals surface area (Å²) in [6, 6.07) is 50.8. The lowest BCUT2D eigenvalue weighted by molar-refractivity contribution is 0.559. The van der Waals surface area contributed by atoms with Crippen LogP contribution in [0.3, 0.4) is 0 Å². The monoisotopic (exact) mass is 729 g/mol. The van der Waals surface area contributed by atoms with Gasteiger partial charge in [0.15, 0.2) is 0 Å². The van der Waals surface area contributed by atoms with Crippen LogP contribution in [-0.2, 0) is 16.2 Å². The van der Waals surface area contributed by atoms with Crippen molar-refractivity contribution in [1.82, 2.24) is 0 Å². The fourth-order valence-electron chi connectivity index (χ4n) is 9.10. The van der Waals surface area contributed by atoms with Gasteiger partial charge < -0.3 is 13.7 Å². The first-order valence-corrected chi connectivity index (χ1v) is 19.8. The maximum Gasteiger partial charge on any atom is 0.139 e. The Morgan fingerprint density at radius 1 is 0.500 bits per heavy atom. The van der Waals surface area contributed by atoms with E-state index in [4.69, 9.17) is 8.83 Å². The van der Waals surface area contributed by atoms with E-state index in [0.29, 0.717) is 0 Å². The van der Waals surface area contributed by atoms with Crippen LogP contribution in [0, 0.1) is 0 Å². The van der Waals surface area contributed by atoms with E-state index in [1.807, 2.05) is 6.07 Å². The first-order chi connectivity index (χ1) is 26.8. The van der Waals surface area contributed by atoms with Gasteiger partial charge in [-0.15, -0.1) is 0 Å². The number of nitrogens with zero attached hydrogens (tertiary/aromatic N) is 1. The molecule has 0 saturated carbocycles. The Bertz CT molecular complexity index is 3000. The molecule has 0 fully saturated rings. The van der Waals surface area contributed by atoms with Crippen LogP contribution in [0.25, 0.3) is 66.1 Å². The molecule has 7 aromatic carbocycles. The van der Waals surface area contributed by atoms with Crippen molar-refractivity contribution < 1.29 is 8.83 Å². The highest BCUT2D eigenvalue weighted by atomic mass is 16.3. The lowest BCUT2D eigenvalue weighted by Gasteiger charge is -2.29. The largest absolute Gasteiger partial charge is 0.456 e. The Hall–Kier alpha value is -6.06. The van der Waals surface area contributed by atoms with E-state index in [-0.39, 0.29) is 16.2 Å². The van der Waals surface area contributed by atoms with Crippen LogP contribution >= 0.6 is 0 Å². The highest BCUT2D eigenvalue weighted by molar-refractivity contribution is 6.15. The number of hydrogen-bond acceptors (Lipinski definition) is 3. The second kappa shape index (κ2) is 12.0. The molecule has 0 atom stereocenters. The lowest BCUT2D eigenvalue weighted by atomic mass is 9.79. The minimum Gasteiger partial charge on any atom is -0.456 e. The number of hydrogen-bond donors (Lipinski definition) is 0. The van der Waals surface area contributed by atoms with Crippen LogP contribution in [0.1, 0.15) is 77.6 Å². The Kier molecular flexibility index (Phi) is 7.36. The Balaban J connectivity index is 1.26. The summed E-state index contributed by atoms with van der Waals surface area (Å²) in [7, 11) is 0. The SMILES string of the molecule is CC(C)(C)c1cc(C(C)(C)C)c2oc3cc4c(cc3c2c1)-c1c(N(c2ccc(-c3ccccc3)cc2)c2cccc3oc5ccccc5c23)cccc1C4(C)C. The fraction of sp³-hybridized carbons (Fsp3) is 0.208. The van der Waals surface area contributed by atoms with E-state index in [1.54, 1.807) is 0 Å². The molecule has 2 heterocycles. The van der Waals surface area contributed by atoms with Crippen molar-refractivity contribution in [2.45, 2.75) is 71.6 Å². The van der Waals surface area contributed by atoms with Gasteiger partial charge in [-0.05, 0) is 98.8 Å². The number of furan rings is 2. The molecule has 0 unspecified atom stereocenters. The van der Waals surface area contributed by atoms with Crippen LogP contribution in [0.5, 0.6) is 0 Å². The van der Waals surface area contributed by atoms with Crippen molar-refractivity contribution in [3.05, 3.63) is 162 Å². The van der Waals surface area contributed by atoms with Crippen LogP contribution in [0.4, 0.5) is 17.1 Å². The van der Waals surface area contributed by atoms with Gasteiger partial charge in [0, 0.05) is 38.4 Å².